The zero-order chi connectivity index (χ0) is 15.7. The van der Waals surface area contributed by atoms with Gasteiger partial charge in [0, 0.05) is 4.47 Å². The van der Waals surface area contributed by atoms with E-state index < -0.39 is 21.5 Å². The maximum absolute atomic E-state index is 12.3. The summed E-state index contributed by atoms with van der Waals surface area (Å²) in [7, 11) is -4.17. The molecule has 1 rings (SSSR count). The third-order valence-electron chi connectivity index (χ3n) is 2.77. The van der Waals surface area contributed by atoms with Gasteiger partial charge in [-0.15, -0.1) is 0 Å². The van der Waals surface area contributed by atoms with Crippen molar-refractivity contribution in [3.63, 3.8) is 0 Å². The third kappa shape index (κ3) is 3.65. The van der Waals surface area contributed by atoms with E-state index in [1.54, 1.807) is 6.92 Å². The SMILES string of the molecule is CCC(C)(NS(=O)(=O)c1c(Cl)cc(Br)cc1Cl)C(=O)O. The van der Waals surface area contributed by atoms with Gasteiger partial charge in [-0.05, 0) is 25.5 Å². The van der Waals surface area contributed by atoms with Crippen molar-refractivity contribution in [3.8, 4) is 0 Å². The second-order valence-electron chi connectivity index (χ2n) is 4.29. The predicted molar refractivity (Wildman–Crippen MR) is 80.8 cm³/mol. The lowest BCUT2D eigenvalue weighted by atomic mass is 10.0. The highest BCUT2D eigenvalue weighted by atomic mass is 79.9. The number of rotatable bonds is 5. The van der Waals surface area contributed by atoms with E-state index in [-0.39, 0.29) is 21.4 Å². The van der Waals surface area contributed by atoms with Crippen molar-refractivity contribution in [3.05, 3.63) is 26.7 Å². The van der Waals surface area contributed by atoms with Crippen molar-refractivity contribution >= 4 is 55.1 Å². The molecule has 0 spiro atoms. The van der Waals surface area contributed by atoms with Crippen molar-refractivity contribution in [2.45, 2.75) is 30.7 Å². The van der Waals surface area contributed by atoms with E-state index in [0.29, 0.717) is 4.47 Å². The Morgan fingerprint density at radius 1 is 1.40 bits per heavy atom. The van der Waals surface area contributed by atoms with Gasteiger partial charge in [-0.3, -0.25) is 4.79 Å². The molecule has 9 heteroatoms. The Morgan fingerprint density at radius 2 is 1.85 bits per heavy atom. The molecule has 0 heterocycles. The lowest BCUT2D eigenvalue weighted by Gasteiger charge is -2.24. The van der Waals surface area contributed by atoms with Crippen LogP contribution in [-0.4, -0.2) is 25.0 Å². The number of benzene rings is 1. The molecule has 1 unspecified atom stereocenters. The van der Waals surface area contributed by atoms with Crippen molar-refractivity contribution < 1.29 is 18.3 Å². The van der Waals surface area contributed by atoms with Crippen LogP contribution in [0.1, 0.15) is 20.3 Å². The molecule has 5 nitrogen and oxygen atoms in total. The van der Waals surface area contributed by atoms with Crippen molar-refractivity contribution in [2.24, 2.45) is 0 Å². The van der Waals surface area contributed by atoms with E-state index in [9.17, 15) is 13.2 Å². The molecule has 1 aromatic rings. The van der Waals surface area contributed by atoms with Crippen LogP contribution >= 0.6 is 39.1 Å². The number of halogens is 3. The topological polar surface area (TPSA) is 83.5 Å². The second-order valence-corrected chi connectivity index (χ2v) is 7.64. The molecule has 0 aliphatic heterocycles. The summed E-state index contributed by atoms with van der Waals surface area (Å²) in [6, 6.07) is 2.73. The molecule has 20 heavy (non-hydrogen) atoms. The molecule has 0 saturated carbocycles. The summed E-state index contributed by atoms with van der Waals surface area (Å²) in [5.41, 5.74) is -1.64. The molecule has 1 atom stereocenters. The number of sulfonamides is 1. The van der Waals surface area contributed by atoms with E-state index in [1.165, 1.54) is 19.1 Å². The van der Waals surface area contributed by atoms with Crippen LogP contribution in [0.3, 0.4) is 0 Å². The highest BCUT2D eigenvalue weighted by Gasteiger charge is 2.37. The summed E-state index contributed by atoms with van der Waals surface area (Å²) in [5.74, 6) is -1.28. The molecule has 0 bridgehead atoms. The normalized spacial score (nSPS) is 14.8. The minimum absolute atomic E-state index is 0.0628. The van der Waals surface area contributed by atoms with Gasteiger partial charge < -0.3 is 5.11 Å². The van der Waals surface area contributed by atoms with Crippen LogP contribution in [-0.2, 0) is 14.8 Å². The first kappa shape index (κ1) is 17.7. The van der Waals surface area contributed by atoms with Crippen molar-refractivity contribution in [1.82, 2.24) is 4.72 Å². The Morgan fingerprint density at radius 3 is 2.20 bits per heavy atom. The van der Waals surface area contributed by atoms with E-state index in [2.05, 4.69) is 20.7 Å². The second kappa shape index (κ2) is 6.19. The zero-order valence-electron chi connectivity index (χ0n) is 10.6. The third-order valence-corrected chi connectivity index (χ3v) is 5.75. The van der Waals surface area contributed by atoms with Crippen LogP contribution in [0.15, 0.2) is 21.5 Å². The Hall–Kier alpha value is -0.340. The molecular formula is C11H12BrCl2NO4S. The maximum Gasteiger partial charge on any atom is 0.324 e. The fraction of sp³-hybridized carbons (Fsp3) is 0.364. The number of carboxylic acids is 1. The summed E-state index contributed by atoms with van der Waals surface area (Å²) in [6.45, 7) is 2.83. The summed E-state index contributed by atoms with van der Waals surface area (Å²) >= 11 is 14.9. The number of hydrogen-bond acceptors (Lipinski definition) is 3. The Bertz CT molecular complexity index is 627. The van der Waals surface area contributed by atoms with Crippen molar-refractivity contribution in [1.29, 1.82) is 0 Å². The highest BCUT2D eigenvalue weighted by molar-refractivity contribution is 9.10. The number of hydrogen-bond donors (Lipinski definition) is 2. The van der Waals surface area contributed by atoms with Crippen LogP contribution in [0, 0.1) is 0 Å². The smallest absolute Gasteiger partial charge is 0.324 e. The van der Waals surface area contributed by atoms with Gasteiger partial charge in [-0.25, -0.2) is 8.42 Å². The summed E-state index contributed by atoms with van der Waals surface area (Å²) in [4.78, 5) is 10.8. The van der Waals surface area contributed by atoms with Crippen molar-refractivity contribution in [2.75, 3.05) is 0 Å². The average Bonchev–Trinajstić information content (AvgIpc) is 2.25. The maximum atomic E-state index is 12.3. The van der Waals surface area contributed by atoms with Gasteiger partial charge in [-0.1, -0.05) is 46.1 Å². The molecular weight excluding hydrogens is 393 g/mol. The van der Waals surface area contributed by atoms with Crippen LogP contribution in [0.25, 0.3) is 0 Å². The lowest BCUT2D eigenvalue weighted by molar-refractivity contribution is -0.143. The molecule has 0 aliphatic rings. The van der Waals surface area contributed by atoms with Gasteiger partial charge in [0.05, 0.1) is 10.0 Å². The van der Waals surface area contributed by atoms with Gasteiger partial charge in [0.1, 0.15) is 10.4 Å². The van der Waals surface area contributed by atoms with Gasteiger partial charge in [0.15, 0.2) is 0 Å². The summed E-state index contributed by atoms with van der Waals surface area (Å²) < 4.78 is 27.3. The molecule has 0 amide bonds. The largest absolute Gasteiger partial charge is 0.480 e. The summed E-state index contributed by atoms with van der Waals surface area (Å²) in [6.07, 6.45) is 0.0628. The molecule has 1 aromatic carbocycles. The minimum Gasteiger partial charge on any atom is -0.480 e. The first-order valence-corrected chi connectivity index (χ1v) is 8.48. The molecule has 2 N–H and O–H groups in total. The number of carbonyl (C=O) groups is 1. The van der Waals surface area contributed by atoms with Gasteiger partial charge >= 0.3 is 5.97 Å². The molecule has 112 valence electrons. The van der Waals surface area contributed by atoms with Gasteiger partial charge in [-0.2, -0.15) is 4.72 Å². The number of aliphatic carboxylic acids is 1. The van der Waals surface area contributed by atoms with E-state index in [0.717, 1.165) is 0 Å². The van der Waals surface area contributed by atoms with Crippen LogP contribution in [0.2, 0.25) is 10.0 Å². The van der Waals surface area contributed by atoms with Crippen LogP contribution < -0.4 is 4.72 Å². The van der Waals surface area contributed by atoms with Gasteiger partial charge in [0.2, 0.25) is 10.0 Å². The quantitative estimate of drug-likeness (QED) is 0.788. The van der Waals surface area contributed by atoms with Crippen LogP contribution in [0.5, 0.6) is 0 Å². The van der Waals surface area contributed by atoms with Crippen LogP contribution in [0.4, 0.5) is 0 Å². The Kier molecular flexibility index (Phi) is 5.48. The monoisotopic (exact) mass is 403 g/mol. The fourth-order valence-corrected chi connectivity index (χ4v) is 4.78. The molecule has 0 fully saturated rings. The standard InChI is InChI=1S/C11H12BrCl2NO4S/c1-3-11(2,10(16)17)15-20(18,19)9-7(13)4-6(12)5-8(9)14/h4-5,15H,3H2,1-2H3,(H,16,17). The average molecular weight is 405 g/mol. The Labute approximate surface area is 135 Å². The predicted octanol–water partition coefficient (Wildman–Crippen LogP) is 3.29. The molecule has 0 aromatic heterocycles. The zero-order valence-corrected chi connectivity index (χ0v) is 14.5. The number of nitrogens with one attached hydrogen (secondary N) is 1. The van der Waals surface area contributed by atoms with Gasteiger partial charge in [0.25, 0.3) is 0 Å². The van der Waals surface area contributed by atoms with E-state index >= 15 is 0 Å². The van der Waals surface area contributed by atoms with E-state index in [1.807, 2.05) is 0 Å². The first-order valence-electron chi connectivity index (χ1n) is 5.45. The lowest BCUT2D eigenvalue weighted by Crippen LogP contribution is -2.51. The fourth-order valence-electron chi connectivity index (χ4n) is 1.40. The minimum atomic E-state index is -4.17. The number of carboxylic acid groups (broad SMARTS) is 1. The molecule has 0 aliphatic carbocycles. The Balaban J connectivity index is 3.36. The summed E-state index contributed by atoms with van der Waals surface area (Å²) in [5, 5.41) is 8.93. The first-order chi connectivity index (χ1) is 9.03. The highest BCUT2D eigenvalue weighted by Crippen LogP contribution is 2.33. The van der Waals surface area contributed by atoms with E-state index in [4.69, 9.17) is 28.3 Å². The molecule has 0 saturated heterocycles. The molecule has 0 radical (unpaired) electrons.